The fourth-order valence-corrected chi connectivity index (χ4v) is 4.21. The first-order valence-corrected chi connectivity index (χ1v) is 11.3. The Bertz CT molecular complexity index is 1500. The summed E-state index contributed by atoms with van der Waals surface area (Å²) in [6.07, 6.45) is 3.55. The molecule has 2 aromatic carbocycles. The molecule has 0 aliphatic rings. The summed E-state index contributed by atoms with van der Waals surface area (Å²) in [6.45, 7) is 4.04. The molecular weight excluding hydrogens is 441 g/mol. The minimum atomic E-state index is -0.383. The number of halogens is 1. The zero-order valence-electron chi connectivity index (χ0n) is 19.3. The number of fused-ring (bicyclic) bond motifs is 1. The average molecular weight is 466 g/mol. The third-order valence-corrected chi connectivity index (χ3v) is 5.88. The van der Waals surface area contributed by atoms with Gasteiger partial charge in [0.25, 0.3) is 5.91 Å². The molecule has 0 saturated heterocycles. The summed E-state index contributed by atoms with van der Waals surface area (Å²) in [7, 11) is 0. The van der Waals surface area contributed by atoms with Crippen LogP contribution in [-0.2, 0) is 0 Å². The van der Waals surface area contributed by atoms with Gasteiger partial charge in [-0.1, -0.05) is 6.07 Å². The average Bonchev–Trinajstić information content (AvgIpc) is 3.18. The summed E-state index contributed by atoms with van der Waals surface area (Å²) in [4.78, 5) is 25.3. The van der Waals surface area contributed by atoms with Crippen molar-refractivity contribution in [1.82, 2.24) is 15.0 Å². The molecule has 7 heteroatoms. The van der Waals surface area contributed by atoms with Crippen molar-refractivity contribution in [3.8, 4) is 0 Å². The van der Waals surface area contributed by atoms with Crippen LogP contribution in [0.3, 0.4) is 0 Å². The Hall–Kier alpha value is -4.52. The second-order valence-corrected chi connectivity index (χ2v) is 8.44. The highest BCUT2D eigenvalue weighted by atomic mass is 19.1. The molecule has 3 heterocycles. The van der Waals surface area contributed by atoms with E-state index in [2.05, 4.69) is 25.6 Å². The zero-order valence-corrected chi connectivity index (χ0v) is 19.3. The number of aromatic nitrogens is 3. The van der Waals surface area contributed by atoms with Gasteiger partial charge < -0.3 is 15.6 Å². The van der Waals surface area contributed by atoms with E-state index in [0.29, 0.717) is 11.3 Å². The number of amides is 1. The number of carbonyl (C=O) groups is 1. The molecule has 3 N–H and O–H groups in total. The summed E-state index contributed by atoms with van der Waals surface area (Å²) >= 11 is 0. The van der Waals surface area contributed by atoms with Gasteiger partial charge in [-0.2, -0.15) is 0 Å². The van der Waals surface area contributed by atoms with Gasteiger partial charge in [0.1, 0.15) is 11.6 Å². The Morgan fingerprint density at radius 1 is 0.943 bits per heavy atom. The van der Waals surface area contributed by atoms with Crippen molar-refractivity contribution in [3.63, 3.8) is 0 Å². The Morgan fingerprint density at radius 2 is 1.77 bits per heavy atom. The van der Waals surface area contributed by atoms with E-state index in [1.165, 1.54) is 24.3 Å². The highest BCUT2D eigenvalue weighted by molar-refractivity contribution is 6.05. The zero-order chi connectivity index (χ0) is 24.4. The normalized spacial score (nSPS) is 11.9. The van der Waals surface area contributed by atoms with E-state index in [1.807, 2.05) is 62.4 Å². The largest absolute Gasteiger partial charge is 0.358 e. The van der Waals surface area contributed by atoms with Gasteiger partial charge in [0.2, 0.25) is 0 Å². The van der Waals surface area contributed by atoms with Crippen molar-refractivity contribution >= 4 is 28.3 Å². The summed E-state index contributed by atoms with van der Waals surface area (Å²) in [5, 5.41) is 7.42. The molecule has 1 atom stereocenters. The summed E-state index contributed by atoms with van der Waals surface area (Å²) in [6, 6.07) is 20.7. The Kier molecular flexibility index (Phi) is 5.97. The van der Waals surface area contributed by atoms with Crippen molar-refractivity contribution in [1.29, 1.82) is 0 Å². The molecule has 0 fully saturated rings. The number of H-pyrrole nitrogens is 1. The maximum atomic E-state index is 13.2. The molecule has 0 saturated carbocycles. The van der Waals surface area contributed by atoms with E-state index >= 15 is 0 Å². The molecule has 6 nitrogen and oxygen atoms in total. The fourth-order valence-electron chi connectivity index (χ4n) is 4.21. The lowest BCUT2D eigenvalue weighted by Crippen LogP contribution is -2.15. The number of rotatable bonds is 6. The number of nitrogens with one attached hydrogen (secondary N) is 3. The Balaban J connectivity index is 1.55. The van der Waals surface area contributed by atoms with Gasteiger partial charge in [-0.3, -0.25) is 9.78 Å². The van der Waals surface area contributed by atoms with Crippen LogP contribution in [0.5, 0.6) is 0 Å². The van der Waals surface area contributed by atoms with E-state index in [0.717, 1.165) is 39.2 Å². The summed E-state index contributed by atoms with van der Waals surface area (Å²) in [5.74, 6) is 0.0586. The van der Waals surface area contributed by atoms with Gasteiger partial charge in [-0.05, 0) is 86.1 Å². The van der Waals surface area contributed by atoms with Gasteiger partial charge in [-0.25, -0.2) is 9.37 Å². The van der Waals surface area contributed by atoms with Gasteiger partial charge >= 0.3 is 0 Å². The third-order valence-electron chi connectivity index (χ3n) is 5.88. The van der Waals surface area contributed by atoms with Crippen LogP contribution in [0.2, 0.25) is 0 Å². The SMILES string of the molecule is Cc1ccnc(NC(c2ccccn2)c2c(C)[nH]c3ccc(NC(=O)c4ccc(F)cc4)cc23)c1. The molecule has 0 aliphatic heterocycles. The number of hydrogen-bond acceptors (Lipinski definition) is 4. The molecular formula is C28H24FN5O. The number of carbonyl (C=O) groups excluding carboxylic acids is 1. The van der Waals surface area contributed by atoms with Crippen LogP contribution in [-0.4, -0.2) is 20.9 Å². The van der Waals surface area contributed by atoms with Crippen LogP contribution in [0.25, 0.3) is 10.9 Å². The van der Waals surface area contributed by atoms with Crippen LogP contribution < -0.4 is 10.6 Å². The van der Waals surface area contributed by atoms with Crippen LogP contribution in [0.15, 0.2) is 85.2 Å². The maximum absolute atomic E-state index is 13.2. The summed E-state index contributed by atoms with van der Waals surface area (Å²) in [5.41, 5.74) is 5.91. The number of hydrogen-bond donors (Lipinski definition) is 3. The Morgan fingerprint density at radius 3 is 2.51 bits per heavy atom. The van der Waals surface area contributed by atoms with Crippen molar-refractivity contribution in [2.24, 2.45) is 0 Å². The predicted octanol–water partition coefficient (Wildman–Crippen LogP) is 6.17. The van der Waals surface area contributed by atoms with Crippen molar-refractivity contribution in [3.05, 3.63) is 119 Å². The predicted molar refractivity (Wildman–Crippen MR) is 136 cm³/mol. The number of pyridine rings is 2. The summed E-state index contributed by atoms with van der Waals surface area (Å²) < 4.78 is 13.2. The Labute approximate surface area is 202 Å². The number of aromatic amines is 1. The fraction of sp³-hybridized carbons (Fsp3) is 0.107. The highest BCUT2D eigenvalue weighted by Crippen LogP contribution is 2.35. The van der Waals surface area contributed by atoms with Crippen molar-refractivity contribution in [2.75, 3.05) is 10.6 Å². The number of benzene rings is 2. The molecule has 35 heavy (non-hydrogen) atoms. The molecule has 0 aliphatic carbocycles. The van der Waals surface area contributed by atoms with Crippen molar-refractivity contribution in [2.45, 2.75) is 19.9 Å². The molecule has 0 spiro atoms. The van der Waals surface area contributed by atoms with E-state index < -0.39 is 0 Å². The van der Waals surface area contributed by atoms with Crippen molar-refractivity contribution < 1.29 is 9.18 Å². The van der Waals surface area contributed by atoms with Gasteiger partial charge in [0.05, 0.1) is 11.7 Å². The van der Waals surface area contributed by atoms with E-state index in [9.17, 15) is 9.18 Å². The highest BCUT2D eigenvalue weighted by Gasteiger charge is 2.23. The molecule has 174 valence electrons. The van der Waals surface area contributed by atoms with Crippen LogP contribution in [0.4, 0.5) is 15.9 Å². The number of aryl methyl sites for hydroxylation is 2. The molecule has 3 aromatic heterocycles. The van der Waals surface area contributed by atoms with Crippen LogP contribution in [0, 0.1) is 19.7 Å². The molecule has 0 bridgehead atoms. The minimum Gasteiger partial charge on any atom is -0.358 e. The smallest absolute Gasteiger partial charge is 0.255 e. The number of anilines is 2. The van der Waals surface area contributed by atoms with Gasteiger partial charge in [0, 0.05) is 45.8 Å². The molecule has 1 amide bonds. The first-order chi connectivity index (χ1) is 17.0. The lowest BCUT2D eigenvalue weighted by atomic mass is 9.99. The van der Waals surface area contributed by atoms with E-state index in [4.69, 9.17) is 0 Å². The standard InChI is InChI=1S/C28H24FN5O/c1-17-12-14-31-25(15-17)34-27(24-5-3-4-13-30-24)26-18(2)32-23-11-10-21(16-22(23)26)33-28(35)19-6-8-20(29)9-7-19/h3-16,27,32H,1-2H3,(H,31,34)(H,33,35). The lowest BCUT2D eigenvalue weighted by Gasteiger charge is -2.20. The van der Waals surface area contributed by atoms with Crippen LogP contribution in [0.1, 0.15) is 38.9 Å². The van der Waals surface area contributed by atoms with Crippen LogP contribution >= 0.6 is 0 Å². The molecule has 5 aromatic rings. The maximum Gasteiger partial charge on any atom is 0.255 e. The monoisotopic (exact) mass is 465 g/mol. The minimum absolute atomic E-state index is 0.276. The quantitative estimate of drug-likeness (QED) is 0.280. The lowest BCUT2D eigenvalue weighted by molar-refractivity contribution is 0.102. The first-order valence-electron chi connectivity index (χ1n) is 11.3. The molecule has 1 unspecified atom stereocenters. The topological polar surface area (TPSA) is 82.7 Å². The van der Waals surface area contributed by atoms with Gasteiger partial charge in [-0.15, -0.1) is 0 Å². The first kappa shape index (κ1) is 22.3. The van der Waals surface area contributed by atoms with E-state index in [1.54, 1.807) is 12.4 Å². The van der Waals surface area contributed by atoms with E-state index in [-0.39, 0.29) is 17.8 Å². The second kappa shape index (κ2) is 9.38. The molecule has 0 radical (unpaired) electrons. The van der Waals surface area contributed by atoms with Gasteiger partial charge in [0.15, 0.2) is 0 Å². The number of nitrogens with zero attached hydrogens (tertiary/aromatic N) is 2. The third kappa shape index (κ3) is 4.75. The second-order valence-electron chi connectivity index (χ2n) is 8.44. The molecule has 5 rings (SSSR count).